The van der Waals surface area contributed by atoms with Gasteiger partial charge < -0.3 is 15.6 Å². The lowest BCUT2D eigenvalue weighted by atomic mass is 10.0. The SMILES string of the molecule is CN1c2ccc(C(=O)O)cc2C(=O)/C(=C/c2ccc(F)c(Cl)c2)S1=O.COc1ccc(C(N)=O)cn1. The van der Waals surface area contributed by atoms with Gasteiger partial charge >= 0.3 is 5.97 Å². The third kappa shape index (κ3) is 5.75. The Balaban J connectivity index is 0.000000275. The highest BCUT2D eigenvalue weighted by molar-refractivity contribution is 7.91. The summed E-state index contributed by atoms with van der Waals surface area (Å²) in [6.45, 7) is 0. The van der Waals surface area contributed by atoms with Gasteiger partial charge in [0.25, 0.3) is 0 Å². The minimum absolute atomic E-state index is 0.0415. The van der Waals surface area contributed by atoms with Crippen LogP contribution in [0.4, 0.5) is 10.1 Å². The van der Waals surface area contributed by atoms with E-state index in [1.165, 1.54) is 61.1 Å². The first-order valence-electron chi connectivity index (χ1n) is 10.1. The van der Waals surface area contributed by atoms with Crippen LogP contribution < -0.4 is 14.8 Å². The van der Waals surface area contributed by atoms with E-state index in [1.807, 2.05) is 0 Å². The zero-order valence-corrected chi connectivity index (χ0v) is 20.5. The summed E-state index contributed by atoms with van der Waals surface area (Å²) < 4.78 is 32.0. The first kappa shape index (κ1) is 26.5. The Labute approximate surface area is 212 Å². The number of Topliss-reactive ketones (excluding diaryl/α,β-unsaturated/α-hetero) is 1. The molecule has 0 saturated heterocycles. The van der Waals surface area contributed by atoms with Crippen LogP contribution in [0.15, 0.2) is 59.6 Å². The van der Waals surface area contributed by atoms with Crippen LogP contribution in [-0.4, -0.2) is 46.1 Å². The molecule has 0 aliphatic carbocycles. The van der Waals surface area contributed by atoms with E-state index in [2.05, 4.69) is 4.98 Å². The number of carboxylic acid groups (broad SMARTS) is 1. The number of fused-ring (bicyclic) bond motifs is 1. The maximum absolute atomic E-state index is 13.3. The van der Waals surface area contributed by atoms with Crippen LogP contribution in [0.1, 0.15) is 36.6 Å². The topological polar surface area (TPSA) is 140 Å². The van der Waals surface area contributed by atoms with Gasteiger partial charge in [-0.15, -0.1) is 0 Å². The first-order chi connectivity index (χ1) is 17.0. The van der Waals surface area contributed by atoms with Crippen molar-refractivity contribution in [3.05, 3.63) is 92.7 Å². The number of nitrogens with two attached hydrogens (primary N) is 1. The second-order valence-corrected chi connectivity index (χ2v) is 9.14. The Morgan fingerprint density at radius 3 is 2.42 bits per heavy atom. The van der Waals surface area contributed by atoms with Gasteiger partial charge in [-0.1, -0.05) is 17.7 Å². The average Bonchev–Trinajstić information content (AvgIpc) is 2.87. The lowest BCUT2D eigenvalue weighted by Crippen LogP contribution is -2.31. The molecule has 1 aliphatic heterocycles. The van der Waals surface area contributed by atoms with Gasteiger partial charge in [0.1, 0.15) is 10.7 Å². The largest absolute Gasteiger partial charge is 0.481 e. The van der Waals surface area contributed by atoms with Crippen molar-refractivity contribution >= 4 is 52.0 Å². The normalized spacial score (nSPS) is 15.6. The molecule has 0 spiro atoms. The van der Waals surface area contributed by atoms with Gasteiger partial charge in [-0.25, -0.2) is 18.4 Å². The highest BCUT2D eigenvalue weighted by atomic mass is 35.5. The molecule has 1 amide bonds. The number of halogens is 2. The number of hydrogen-bond donors (Lipinski definition) is 2. The number of benzene rings is 2. The fraction of sp³-hybridized carbons (Fsp3) is 0.0833. The van der Waals surface area contributed by atoms with Gasteiger partial charge in [-0.2, -0.15) is 0 Å². The minimum atomic E-state index is -1.78. The molecule has 1 aliphatic rings. The Morgan fingerprint density at radius 2 is 1.86 bits per heavy atom. The zero-order chi connectivity index (χ0) is 26.6. The lowest BCUT2D eigenvalue weighted by molar-refractivity contribution is 0.0696. The van der Waals surface area contributed by atoms with E-state index in [9.17, 15) is 23.0 Å². The monoisotopic (exact) mass is 531 g/mol. The van der Waals surface area contributed by atoms with Gasteiger partial charge in [0.05, 0.1) is 28.9 Å². The summed E-state index contributed by atoms with van der Waals surface area (Å²) in [6.07, 6.45) is 2.73. The molecule has 1 unspecified atom stereocenters. The van der Waals surface area contributed by atoms with E-state index in [0.29, 0.717) is 22.7 Å². The Kier molecular flexibility index (Phi) is 8.18. The van der Waals surface area contributed by atoms with E-state index >= 15 is 0 Å². The molecule has 3 aromatic rings. The number of carbonyl (C=O) groups excluding carboxylic acids is 2. The van der Waals surface area contributed by atoms with Crippen molar-refractivity contribution in [1.29, 1.82) is 0 Å². The van der Waals surface area contributed by atoms with Crippen molar-refractivity contribution in [2.24, 2.45) is 5.73 Å². The van der Waals surface area contributed by atoms with Crippen LogP contribution in [0.25, 0.3) is 6.08 Å². The number of ketones is 1. The van der Waals surface area contributed by atoms with Crippen molar-refractivity contribution in [2.75, 3.05) is 18.5 Å². The van der Waals surface area contributed by atoms with Gasteiger partial charge in [0, 0.05) is 24.9 Å². The van der Waals surface area contributed by atoms with Crippen LogP contribution in [0.2, 0.25) is 5.02 Å². The molecule has 9 nitrogen and oxygen atoms in total. The number of amides is 1. The molecule has 186 valence electrons. The summed E-state index contributed by atoms with van der Waals surface area (Å²) in [5.74, 6) is -2.33. The predicted octanol–water partition coefficient (Wildman–Crippen LogP) is 3.70. The van der Waals surface area contributed by atoms with Crippen molar-refractivity contribution in [3.63, 3.8) is 0 Å². The summed E-state index contributed by atoms with van der Waals surface area (Å²) >= 11 is 5.73. The molecule has 1 aromatic heterocycles. The van der Waals surface area contributed by atoms with E-state index in [4.69, 9.17) is 27.2 Å². The van der Waals surface area contributed by atoms with Gasteiger partial charge in [0.15, 0.2) is 11.0 Å². The first-order valence-corrected chi connectivity index (χ1v) is 11.6. The lowest BCUT2D eigenvalue weighted by Gasteiger charge is -2.27. The fourth-order valence-corrected chi connectivity index (χ4v) is 4.42. The van der Waals surface area contributed by atoms with Crippen LogP contribution in [0.3, 0.4) is 0 Å². The van der Waals surface area contributed by atoms with E-state index in [1.54, 1.807) is 12.1 Å². The fourth-order valence-electron chi connectivity index (χ4n) is 3.09. The third-order valence-electron chi connectivity index (χ3n) is 4.96. The van der Waals surface area contributed by atoms with Crippen LogP contribution in [0, 0.1) is 5.82 Å². The molecule has 2 heterocycles. The van der Waals surface area contributed by atoms with E-state index in [-0.39, 0.29) is 21.1 Å². The van der Waals surface area contributed by atoms with Crippen LogP contribution in [0.5, 0.6) is 5.88 Å². The summed E-state index contributed by atoms with van der Waals surface area (Å²) in [6, 6.07) is 11.0. The Bertz CT molecular complexity index is 1410. The summed E-state index contributed by atoms with van der Waals surface area (Å²) in [4.78, 5) is 38.1. The number of rotatable bonds is 4. The molecule has 0 fully saturated rings. The van der Waals surface area contributed by atoms with Gasteiger partial charge in [-0.3, -0.25) is 13.9 Å². The van der Waals surface area contributed by atoms with E-state index < -0.39 is 34.5 Å². The number of pyridine rings is 1. The van der Waals surface area contributed by atoms with Crippen molar-refractivity contribution < 1.29 is 32.8 Å². The smallest absolute Gasteiger partial charge is 0.335 e. The molecule has 0 bridgehead atoms. The maximum atomic E-state index is 13.3. The highest BCUT2D eigenvalue weighted by Crippen LogP contribution is 2.33. The molecule has 4 rings (SSSR count). The zero-order valence-electron chi connectivity index (χ0n) is 18.9. The number of nitrogens with zero attached hydrogens (tertiary/aromatic N) is 2. The number of aromatic nitrogens is 1. The summed E-state index contributed by atoms with van der Waals surface area (Å²) in [5, 5.41) is 8.98. The second kappa shape index (κ2) is 11.1. The number of methoxy groups -OCH3 is 1. The molecule has 1 atom stereocenters. The minimum Gasteiger partial charge on any atom is -0.481 e. The molecule has 36 heavy (non-hydrogen) atoms. The summed E-state index contributed by atoms with van der Waals surface area (Å²) in [5.41, 5.74) is 6.25. The summed E-state index contributed by atoms with van der Waals surface area (Å²) in [7, 11) is 1.26. The number of carbonyl (C=O) groups is 3. The quantitative estimate of drug-likeness (QED) is 0.489. The third-order valence-corrected chi connectivity index (χ3v) is 6.62. The number of primary amides is 1. The molecule has 0 radical (unpaired) electrons. The molecule has 3 N–H and O–H groups in total. The molecular weight excluding hydrogens is 513 g/mol. The number of anilines is 1. The van der Waals surface area contributed by atoms with E-state index in [0.717, 1.165) is 6.07 Å². The predicted molar refractivity (Wildman–Crippen MR) is 133 cm³/mol. The van der Waals surface area contributed by atoms with Crippen molar-refractivity contribution in [3.8, 4) is 5.88 Å². The van der Waals surface area contributed by atoms with Gasteiger partial charge in [0.2, 0.25) is 17.6 Å². The standard InChI is InChI=1S/C17H11ClFNO4S.C7H8N2O2/c1-20-14-5-3-10(17(22)23)8-11(14)16(21)15(25(20)24)7-9-2-4-13(19)12(18)6-9;1-11-6-3-2-5(4-9-6)7(8)10/h2-8H,1H3,(H,22,23);2-4H,1H3,(H2,8,10)/b15-7-;. The van der Waals surface area contributed by atoms with Gasteiger partial charge in [-0.05, 0) is 48.0 Å². The van der Waals surface area contributed by atoms with Crippen molar-refractivity contribution in [1.82, 2.24) is 4.98 Å². The average molecular weight is 532 g/mol. The second-order valence-electron chi connectivity index (χ2n) is 7.25. The Morgan fingerprint density at radius 1 is 1.17 bits per heavy atom. The van der Waals surface area contributed by atoms with Crippen LogP contribution >= 0.6 is 11.6 Å². The Hall–Kier alpha value is -4.09. The number of allylic oxidation sites excluding steroid dienone is 1. The molecular formula is C24H19ClFN3O6S. The number of ether oxygens (including phenoxy) is 1. The number of carboxylic acids is 1. The number of hydrogen-bond acceptors (Lipinski definition) is 6. The van der Waals surface area contributed by atoms with Crippen LogP contribution in [-0.2, 0) is 11.0 Å². The number of aromatic carboxylic acids is 1. The molecule has 2 aromatic carbocycles. The molecule has 12 heteroatoms. The van der Waals surface area contributed by atoms with Crippen molar-refractivity contribution in [2.45, 2.75) is 0 Å². The molecule has 0 saturated carbocycles. The maximum Gasteiger partial charge on any atom is 0.335 e. The highest BCUT2D eigenvalue weighted by Gasteiger charge is 2.32.